The fourth-order valence-electron chi connectivity index (χ4n) is 5.73. The molecule has 3 amide bonds. The number of imide groups is 1. The molecule has 5 rings (SSSR count). The molecule has 4 atom stereocenters. The van der Waals surface area contributed by atoms with E-state index in [1.807, 2.05) is 60.9 Å². The third-order valence-electron chi connectivity index (χ3n) is 7.09. The summed E-state index contributed by atoms with van der Waals surface area (Å²) in [5.41, 5.74) is 1.22. The van der Waals surface area contributed by atoms with Crippen molar-refractivity contribution in [2.75, 3.05) is 23.5 Å². The Bertz CT molecular complexity index is 1120. The smallest absolute Gasteiger partial charge is 0.253 e. The molecule has 6 nitrogen and oxygen atoms in total. The van der Waals surface area contributed by atoms with Crippen molar-refractivity contribution in [3.05, 3.63) is 78.4 Å². The summed E-state index contributed by atoms with van der Waals surface area (Å²) < 4.78 is 0. The Morgan fingerprint density at radius 3 is 2.48 bits per heavy atom. The summed E-state index contributed by atoms with van der Waals surface area (Å²) in [4.78, 5) is 44.6. The van der Waals surface area contributed by atoms with Crippen LogP contribution in [0.2, 0.25) is 0 Å². The molecular formula is C26H27N3O3S. The molecule has 2 saturated heterocycles. The minimum atomic E-state index is -1.23. The third-order valence-corrected chi connectivity index (χ3v) is 7.73. The largest absolute Gasteiger partial charge is 0.306 e. The van der Waals surface area contributed by atoms with E-state index in [0.717, 1.165) is 22.6 Å². The molecule has 2 aromatic carbocycles. The highest BCUT2D eigenvalue weighted by Crippen LogP contribution is 2.55. The highest BCUT2D eigenvalue weighted by molar-refractivity contribution is 7.98. The Kier molecular flexibility index (Phi) is 5.62. The molecule has 2 fully saturated rings. The maximum atomic E-state index is 14.0. The van der Waals surface area contributed by atoms with Gasteiger partial charge in [0.2, 0.25) is 11.8 Å². The normalized spacial score (nSPS) is 28.0. The Hall–Kier alpha value is -2.90. The zero-order valence-electron chi connectivity index (χ0n) is 18.6. The first kappa shape index (κ1) is 21.9. The number of benzene rings is 2. The van der Waals surface area contributed by atoms with Gasteiger partial charge in [0.05, 0.1) is 18.4 Å². The number of carbonyl (C=O) groups excluding carboxylic acids is 3. The van der Waals surface area contributed by atoms with Crippen molar-refractivity contribution in [1.29, 1.82) is 0 Å². The predicted molar refractivity (Wildman–Crippen MR) is 130 cm³/mol. The van der Waals surface area contributed by atoms with Gasteiger partial charge in [0.15, 0.2) is 0 Å². The van der Waals surface area contributed by atoms with E-state index in [0.29, 0.717) is 13.0 Å². The first-order valence-electron chi connectivity index (χ1n) is 11.2. The van der Waals surface area contributed by atoms with Gasteiger partial charge in [-0.3, -0.25) is 24.6 Å². The second-order valence-electron chi connectivity index (χ2n) is 8.81. The standard InChI is InChI=1S/C26H27N3O3S/c1-3-14-28-20-12-8-7-11-18(20)26(25(28)32)22-21(19(27-26)13-15-33-2)23(30)29(24(22)31)16-17-9-5-4-6-10-17/h3-12,19,21-22,27H,1,13-16H2,2H3. The quantitative estimate of drug-likeness (QED) is 0.507. The number of nitrogens with one attached hydrogen (secondary N) is 1. The number of rotatable bonds is 7. The van der Waals surface area contributed by atoms with E-state index in [1.165, 1.54) is 4.90 Å². The Morgan fingerprint density at radius 2 is 1.76 bits per heavy atom. The summed E-state index contributed by atoms with van der Waals surface area (Å²) in [6.45, 7) is 4.38. The van der Waals surface area contributed by atoms with Crippen LogP contribution in [0.15, 0.2) is 67.3 Å². The third kappa shape index (κ3) is 3.17. The summed E-state index contributed by atoms with van der Waals surface area (Å²) in [6.07, 6.45) is 4.42. The number of likely N-dealkylation sites (tertiary alicyclic amines) is 1. The number of anilines is 1. The van der Waals surface area contributed by atoms with Gasteiger partial charge in [-0.25, -0.2) is 0 Å². The lowest BCUT2D eigenvalue weighted by Crippen LogP contribution is -2.55. The second kappa shape index (κ2) is 8.47. The summed E-state index contributed by atoms with van der Waals surface area (Å²) >= 11 is 1.70. The van der Waals surface area contributed by atoms with Crippen molar-refractivity contribution in [3.63, 3.8) is 0 Å². The van der Waals surface area contributed by atoms with Crippen LogP contribution in [-0.2, 0) is 26.5 Å². The molecule has 0 saturated carbocycles. The molecule has 33 heavy (non-hydrogen) atoms. The number of fused-ring (bicyclic) bond motifs is 4. The maximum absolute atomic E-state index is 14.0. The van der Waals surface area contributed by atoms with Gasteiger partial charge in [0.1, 0.15) is 5.54 Å². The van der Waals surface area contributed by atoms with E-state index >= 15 is 0 Å². The van der Waals surface area contributed by atoms with E-state index in [4.69, 9.17) is 0 Å². The van der Waals surface area contributed by atoms with Crippen molar-refractivity contribution in [1.82, 2.24) is 10.2 Å². The maximum Gasteiger partial charge on any atom is 0.253 e. The number of para-hydroxylation sites is 1. The molecule has 3 aliphatic rings. The molecule has 4 unspecified atom stereocenters. The lowest BCUT2D eigenvalue weighted by Gasteiger charge is -2.30. The summed E-state index contributed by atoms with van der Waals surface area (Å²) in [5, 5.41) is 3.54. The van der Waals surface area contributed by atoms with Crippen molar-refractivity contribution in [3.8, 4) is 0 Å². The van der Waals surface area contributed by atoms with E-state index < -0.39 is 17.4 Å². The highest BCUT2D eigenvalue weighted by atomic mass is 32.2. The van der Waals surface area contributed by atoms with E-state index in [2.05, 4.69) is 11.9 Å². The average Bonchev–Trinajstić information content (AvgIpc) is 3.39. The first-order chi connectivity index (χ1) is 16.0. The van der Waals surface area contributed by atoms with E-state index in [-0.39, 0.29) is 30.3 Å². The van der Waals surface area contributed by atoms with Crippen LogP contribution >= 0.6 is 11.8 Å². The SMILES string of the molecule is C=CCN1C(=O)C2(NC(CCSC)C3C(=O)N(Cc4ccccc4)C(=O)C32)c2ccccc21. The Morgan fingerprint density at radius 1 is 1.03 bits per heavy atom. The molecule has 0 radical (unpaired) electrons. The van der Waals surface area contributed by atoms with Crippen molar-refractivity contribution >= 4 is 35.2 Å². The van der Waals surface area contributed by atoms with Crippen LogP contribution in [0.1, 0.15) is 17.5 Å². The minimum absolute atomic E-state index is 0.173. The first-order valence-corrected chi connectivity index (χ1v) is 12.6. The van der Waals surface area contributed by atoms with Gasteiger partial charge < -0.3 is 4.90 Å². The van der Waals surface area contributed by atoms with Gasteiger partial charge in [0.25, 0.3) is 5.91 Å². The lowest BCUT2D eigenvalue weighted by atomic mass is 9.76. The molecule has 1 N–H and O–H groups in total. The second-order valence-corrected chi connectivity index (χ2v) is 9.80. The number of hydrogen-bond donors (Lipinski definition) is 1. The summed E-state index contributed by atoms with van der Waals surface area (Å²) in [7, 11) is 0. The van der Waals surface area contributed by atoms with Crippen LogP contribution < -0.4 is 10.2 Å². The highest BCUT2D eigenvalue weighted by Gasteiger charge is 2.71. The van der Waals surface area contributed by atoms with E-state index in [9.17, 15) is 14.4 Å². The molecule has 3 heterocycles. The number of thioether (sulfide) groups is 1. The molecule has 7 heteroatoms. The Labute approximate surface area is 198 Å². The number of hydrogen-bond acceptors (Lipinski definition) is 5. The molecule has 3 aliphatic heterocycles. The van der Waals surface area contributed by atoms with Crippen LogP contribution in [0.3, 0.4) is 0 Å². The van der Waals surface area contributed by atoms with Crippen molar-refractivity contribution in [2.45, 2.75) is 24.5 Å². The lowest BCUT2D eigenvalue weighted by molar-refractivity contribution is -0.143. The predicted octanol–water partition coefficient (Wildman–Crippen LogP) is 2.94. The van der Waals surface area contributed by atoms with Crippen LogP contribution in [0.4, 0.5) is 5.69 Å². The average molecular weight is 462 g/mol. The van der Waals surface area contributed by atoms with Gasteiger partial charge in [-0.1, -0.05) is 54.6 Å². The molecule has 170 valence electrons. The molecule has 0 aromatic heterocycles. The number of amides is 3. The minimum Gasteiger partial charge on any atom is -0.306 e. The van der Waals surface area contributed by atoms with Crippen molar-refractivity contribution in [2.24, 2.45) is 11.8 Å². The fourth-order valence-corrected chi connectivity index (χ4v) is 6.22. The molecule has 0 bridgehead atoms. The zero-order chi connectivity index (χ0) is 23.2. The molecule has 2 aromatic rings. The van der Waals surface area contributed by atoms with Crippen LogP contribution in [0, 0.1) is 11.8 Å². The summed E-state index contributed by atoms with van der Waals surface area (Å²) in [6, 6.07) is 16.9. The van der Waals surface area contributed by atoms with Crippen LogP contribution in [-0.4, -0.2) is 47.2 Å². The molecule has 0 aliphatic carbocycles. The topological polar surface area (TPSA) is 69.7 Å². The zero-order valence-corrected chi connectivity index (χ0v) is 19.4. The van der Waals surface area contributed by atoms with Crippen LogP contribution in [0.5, 0.6) is 0 Å². The van der Waals surface area contributed by atoms with Gasteiger partial charge in [0, 0.05) is 23.8 Å². The number of nitrogens with zero attached hydrogens (tertiary/aromatic N) is 2. The van der Waals surface area contributed by atoms with Gasteiger partial charge in [-0.05, 0) is 30.1 Å². The van der Waals surface area contributed by atoms with Gasteiger partial charge in [-0.2, -0.15) is 11.8 Å². The van der Waals surface area contributed by atoms with Gasteiger partial charge in [-0.15, -0.1) is 6.58 Å². The van der Waals surface area contributed by atoms with E-state index in [1.54, 1.807) is 22.7 Å². The van der Waals surface area contributed by atoms with Crippen LogP contribution in [0.25, 0.3) is 0 Å². The number of carbonyl (C=O) groups is 3. The fraction of sp³-hybridized carbons (Fsp3) is 0.346. The summed E-state index contributed by atoms with van der Waals surface area (Å²) in [5.74, 6) is -1.11. The molecule has 1 spiro atoms. The van der Waals surface area contributed by atoms with Gasteiger partial charge >= 0.3 is 0 Å². The van der Waals surface area contributed by atoms with Crippen molar-refractivity contribution < 1.29 is 14.4 Å². The molecular weight excluding hydrogens is 434 g/mol. The monoisotopic (exact) mass is 461 g/mol. The Balaban J connectivity index is 1.61.